The summed E-state index contributed by atoms with van der Waals surface area (Å²) in [7, 11) is 0. The predicted octanol–water partition coefficient (Wildman–Crippen LogP) is 4.37. The van der Waals surface area contributed by atoms with Crippen LogP contribution in [-0.2, 0) is 12.8 Å². The normalized spacial score (nSPS) is 13.8. The highest BCUT2D eigenvalue weighted by Gasteiger charge is 2.18. The predicted molar refractivity (Wildman–Crippen MR) is 82.9 cm³/mol. The lowest BCUT2D eigenvalue weighted by atomic mass is 10.0. The quantitative estimate of drug-likeness (QED) is 0.897. The number of anilines is 1. The van der Waals surface area contributed by atoms with Gasteiger partial charge in [0.1, 0.15) is 0 Å². The number of thiazole rings is 1. The van der Waals surface area contributed by atoms with Gasteiger partial charge in [-0.2, -0.15) is 0 Å². The van der Waals surface area contributed by atoms with Crippen LogP contribution in [0.25, 0.3) is 11.3 Å². The zero-order valence-corrected chi connectivity index (χ0v) is 12.4. The van der Waals surface area contributed by atoms with Crippen LogP contribution in [0.5, 0.6) is 0 Å². The van der Waals surface area contributed by atoms with Crippen molar-refractivity contribution in [1.82, 2.24) is 4.98 Å². The van der Waals surface area contributed by atoms with Gasteiger partial charge in [-0.05, 0) is 30.7 Å². The first-order valence-corrected chi connectivity index (χ1v) is 7.87. The molecule has 2 aromatic rings. The average Bonchev–Trinajstić information content (AvgIpc) is 2.73. The van der Waals surface area contributed by atoms with E-state index in [0.717, 1.165) is 18.1 Å². The lowest BCUT2D eigenvalue weighted by molar-refractivity contribution is 0.688. The highest BCUT2D eigenvalue weighted by Crippen LogP contribution is 2.36. The van der Waals surface area contributed by atoms with Crippen LogP contribution in [0.2, 0.25) is 0 Å². The lowest BCUT2D eigenvalue weighted by Gasteiger charge is -2.06. The van der Waals surface area contributed by atoms with Gasteiger partial charge < -0.3 is 5.32 Å². The van der Waals surface area contributed by atoms with Gasteiger partial charge >= 0.3 is 0 Å². The topological polar surface area (TPSA) is 24.9 Å². The van der Waals surface area contributed by atoms with Gasteiger partial charge in [0.25, 0.3) is 0 Å². The van der Waals surface area contributed by atoms with Crippen molar-refractivity contribution < 1.29 is 0 Å². The van der Waals surface area contributed by atoms with Gasteiger partial charge in [-0.15, -0.1) is 11.3 Å². The van der Waals surface area contributed by atoms with Gasteiger partial charge in [0.05, 0.1) is 5.69 Å². The van der Waals surface area contributed by atoms with Crippen LogP contribution in [0, 0.1) is 5.92 Å². The van der Waals surface area contributed by atoms with Gasteiger partial charge in [0, 0.05) is 17.0 Å². The third-order valence-electron chi connectivity index (χ3n) is 3.48. The molecule has 0 saturated carbocycles. The van der Waals surface area contributed by atoms with Crippen molar-refractivity contribution in [3.63, 3.8) is 0 Å². The summed E-state index contributed by atoms with van der Waals surface area (Å²) in [5, 5.41) is 4.54. The molecule has 0 fully saturated rings. The molecule has 1 aliphatic carbocycles. The molecule has 3 heteroatoms. The second-order valence-corrected chi connectivity index (χ2v) is 6.66. The van der Waals surface area contributed by atoms with E-state index >= 15 is 0 Å². The molecule has 0 unspecified atom stereocenters. The molecule has 0 aliphatic heterocycles. The molecule has 100 valence electrons. The molecule has 0 amide bonds. The van der Waals surface area contributed by atoms with Crippen molar-refractivity contribution in [1.29, 1.82) is 0 Å². The van der Waals surface area contributed by atoms with Gasteiger partial charge in [0.15, 0.2) is 5.13 Å². The zero-order chi connectivity index (χ0) is 13.2. The van der Waals surface area contributed by atoms with Crippen LogP contribution < -0.4 is 5.32 Å². The Morgan fingerprint density at radius 3 is 2.95 bits per heavy atom. The molecule has 1 N–H and O–H groups in total. The Balaban J connectivity index is 1.95. The number of hydrogen-bond acceptors (Lipinski definition) is 3. The summed E-state index contributed by atoms with van der Waals surface area (Å²) < 4.78 is 0. The second kappa shape index (κ2) is 5.33. The van der Waals surface area contributed by atoms with Crippen molar-refractivity contribution >= 4 is 16.5 Å². The van der Waals surface area contributed by atoms with Gasteiger partial charge in [-0.1, -0.05) is 38.1 Å². The fourth-order valence-corrected chi connectivity index (χ4v) is 3.53. The number of hydrogen-bond donors (Lipinski definition) is 1. The molecule has 19 heavy (non-hydrogen) atoms. The minimum atomic E-state index is 0.649. The molecular weight excluding hydrogens is 252 g/mol. The summed E-state index contributed by atoms with van der Waals surface area (Å²) in [6.07, 6.45) is 3.56. The number of aromatic nitrogens is 1. The standard InChI is InChI=1S/C16H20N2S/c1-11(2)10-17-16-18-15-13-8-4-3-6-12(13)7-5-9-14(15)19-16/h3-4,6,8,11H,5,7,9-10H2,1-2H3,(H,17,18). The summed E-state index contributed by atoms with van der Waals surface area (Å²) in [5.41, 5.74) is 4.00. The smallest absolute Gasteiger partial charge is 0.183 e. The Kier molecular flexibility index (Phi) is 3.56. The maximum Gasteiger partial charge on any atom is 0.183 e. The summed E-state index contributed by atoms with van der Waals surface area (Å²) in [6.45, 7) is 5.44. The van der Waals surface area contributed by atoms with Crippen LogP contribution in [0.4, 0.5) is 5.13 Å². The summed E-state index contributed by atoms with van der Waals surface area (Å²) in [5.74, 6) is 0.649. The lowest BCUT2D eigenvalue weighted by Crippen LogP contribution is -2.07. The fraction of sp³-hybridized carbons (Fsp3) is 0.438. The van der Waals surface area contributed by atoms with E-state index < -0.39 is 0 Å². The van der Waals surface area contributed by atoms with E-state index in [0.29, 0.717) is 5.92 Å². The number of nitrogens with zero attached hydrogens (tertiary/aromatic N) is 1. The highest BCUT2D eigenvalue weighted by molar-refractivity contribution is 7.16. The van der Waals surface area contributed by atoms with Crippen LogP contribution in [0.3, 0.4) is 0 Å². The van der Waals surface area contributed by atoms with E-state index in [2.05, 4.69) is 43.4 Å². The number of benzene rings is 1. The largest absolute Gasteiger partial charge is 0.361 e. The molecule has 1 heterocycles. The molecule has 3 rings (SSSR count). The molecule has 0 atom stereocenters. The summed E-state index contributed by atoms with van der Waals surface area (Å²) >= 11 is 1.83. The Hall–Kier alpha value is -1.35. The molecule has 2 nitrogen and oxygen atoms in total. The Labute approximate surface area is 118 Å². The van der Waals surface area contributed by atoms with Gasteiger partial charge in [-0.3, -0.25) is 0 Å². The number of rotatable bonds is 3. The van der Waals surface area contributed by atoms with Gasteiger partial charge in [-0.25, -0.2) is 4.98 Å². The van der Waals surface area contributed by atoms with Crippen LogP contribution >= 0.6 is 11.3 Å². The van der Waals surface area contributed by atoms with E-state index in [1.165, 1.54) is 34.5 Å². The van der Waals surface area contributed by atoms with Crippen molar-refractivity contribution in [3.05, 3.63) is 34.7 Å². The Morgan fingerprint density at radius 1 is 1.26 bits per heavy atom. The van der Waals surface area contributed by atoms with Crippen LogP contribution in [-0.4, -0.2) is 11.5 Å². The number of aryl methyl sites for hydroxylation is 2. The number of nitrogens with one attached hydrogen (secondary N) is 1. The monoisotopic (exact) mass is 272 g/mol. The maximum absolute atomic E-state index is 4.83. The molecule has 1 aromatic heterocycles. The van der Waals surface area contributed by atoms with E-state index in [1.54, 1.807) is 0 Å². The molecule has 0 spiro atoms. The SMILES string of the molecule is CC(C)CNc1nc2c(s1)CCCc1ccccc1-2. The molecule has 0 saturated heterocycles. The Morgan fingerprint density at radius 2 is 2.11 bits per heavy atom. The first kappa shape index (κ1) is 12.7. The second-order valence-electron chi connectivity index (χ2n) is 5.58. The third kappa shape index (κ3) is 2.66. The first-order valence-electron chi connectivity index (χ1n) is 7.06. The third-order valence-corrected chi connectivity index (χ3v) is 4.55. The van der Waals surface area contributed by atoms with Crippen molar-refractivity contribution in [2.75, 3.05) is 11.9 Å². The number of fused-ring (bicyclic) bond motifs is 3. The van der Waals surface area contributed by atoms with Crippen LogP contribution in [0.1, 0.15) is 30.7 Å². The molecular formula is C16H20N2S. The fourth-order valence-electron chi connectivity index (χ4n) is 2.51. The minimum absolute atomic E-state index is 0.649. The van der Waals surface area contributed by atoms with Crippen molar-refractivity contribution in [3.8, 4) is 11.3 Å². The van der Waals surface area contributed by atoms with E-state index in [-0.39, 0.29) is 0 Å². The van der Waals surface area contributed by atoms with E-state index in [9.17, 15) is 0 Å². The van der Waals surface area contributed by atoms with E-state index in [1.807, 2.05) is 11.3 Å². The van der Waals surface area contributed by atoms with Crippen LogP contribution in [0.15, 0.2) is 24.3 Å². The molecule has 0 bridgehead atoms. The first-order chi connectivity index (χ1) is 9.24. The van der Waals surface area contributed by atoms with Gasteiger partial charge in [0.2, 0.25) is 0 Å². The molecule has 1 aliphatic rings. The molecule has 0 radical (unpaired) electrons. The minimum Gasteiger partial charge on any atom is -0.361 e. The average molecular weight is 272 g/mol. The summed E-state index contributed by atoms with van der Waals surface area (Å²) in [4.78, 5) is 6.27. The van der Waals surface area contributed by atoms with Crippen molar-refractivity contribution in [2.24, 2.45) is 5.92 Å². The van der Waals surface area contributed by atoms with Crippen molar-refractivity contribution in [2.45, 2.75) is 33.1 Å². The summed E-state index contributed by atoms with van der Waals surface area (Å²) in [6, 6.07) is 8.71. The maximum atomic E-state index is 4.83. The zero-order valence-electron chi connectivity index (χ0n) is 11.6. The van der Waals surface area contributed by atoms with E-state index in [4.69, 9.17) is 4.98 Å². The molecule has 1 aromatic carbocycles. The Bertz CT molecular complexity index is 572. The highest BCUT2D eigenvalue weighted by atomic mass is 32.1.